The second-order valence-corrected chi connectivity index (χ2v) is 5.75. The smallest absolute Gasteiger partial charge is 0.0399 e. The lowest BCUT2D eigenvalue weighted by atomic mass is 9.79. The second kappa shape index (κ2) is 6.09. The van der Waals surface area contributed by atoms with Gasteiger partial charge in [0.1, 0.15) is 0 Å². The Morgan fingerprint density at radius 2 is 1.71 bits per heavy atom. The maximum absolute atomic E-state index is 2.37. The first-order valence-corrected chi connectivity index (χ1v) is 6.76. The van der Waals surface area contributed by atoms with Crippen LogP contribution < -0.4 is 4.90 Å². The SMILES string of the molecule is CCCCCC(C)(C)c1ccccc1N(C)C. The highest BCUT2D eigenvalue weighted by molar-refractivity contribution is 5.55. The van der Waals surface area contributed by atoms with E-state index in [1.165, 1.54) is 36.9 Å². The zero-order valence-electron chi connectivity index (χ0n) is 12.1. The van der Waals surface area contributed by atoms with E-state index in [2.05, 4.69) is 64.0 Å². The topological polar surface area (TPSA) is 3.24 Å². The maximum atomic E-state index is 2.37. The van der Waals surface area contributed by atoms with Gasteiger partial charge in [-0.25, -0.2) is 0 Å². The fourth-order valence-corrected chi connectivity index (χ4v) is 2.39. The van der Waals surface area contributed by atoms with Crippen LogP contribution in [0.3, 0.4) is 0 Å². The van der Waals surface area contributed by atoms with Crippen LogP contribution in [0.4, 0.5) is 5.69 Å². The van der Waals surface area contributed by atoms with Crippen molar-refractivity contribution < 1.29 is 0 Å². The average molecular weight is 233 g/mol. The molecule has 0 radical (unpaired) electrons. The zero-order valence-corrected chi connectivity index (χ0v) is 12.1. The van der Waals surface area contributed by atoms with Gasteiger partial charge in [-0.1, -0.05) is 58.2 Å². The van der Waals surface area contributed by atoms with Crippen molar-refractivity contribution in [3.63, 3.8) is 0 Å². The molecule has 0 bridgehead atoms. The molecule has 0 saturated carbocycles. The fraction of sp³-hybridized carbons (Fsp3) is 0.625. The first-order valence-electron chi connectivity index (χ1n) is 6.76. The maximum Gasteiger partial charge on any atom is 0.0399 e. The molecular weight excluding hydrogens is 206 g/mol. The molecule has 0 aromatic heterocycles. The monoisotopic (exact) mass is 233 g/mol. The number of nitrogens with zero attached hydrogens (tertiary/aromatic N) is 1. The van der Waals surface area contributed by atoms with Crippen molar-refractivity contribution in [3.05, 3.63) is 29.8 Å². The van der Waals surface area contributed by atoms with E-state index in [1.54, 1.807) is 0 Å². The van der Waals surface area contributed by atoms with Gasteiger partial charge >= 0.3 is 0 Å². The summed E-state index contributed by atoms with van der Waals surface area (Å²) >= 11 is 0. The summed E-state index contributed by atoms with van der Waals surface area (Å²) in [6.45, 7) is 7.00. The summed E-state index contributed by atoms with van der Waals surface area (Å²) < 4.78 is 0. The van der Waals surface area contributed by atoms with Crippen molar-refractivity contribution in [3.8, 4) is 0 Å². The molecule has 0 unspecified atom stereocenters. The highest BCUT2D eigenvalue weighted by Gasteiger charge is 2.23. The molecule has 0 amide bonds. The Hall–Kier alpha value is -0.980. The van der Waals surface area contributed by atoms with E-state index in [0.29, 0.717) is 0 Å². The molecule has 1 rings (SSSR count). The Morgan fingerprint density at radius 1 is 1.06 bits per heavy atom. The molecule has 0 saturated heterocycles. The standard InChI is InChI=1S/C16H27N/c1-6-7-10-13-16(2,3)14-11-8-9-12-15(14)17(4)5/h8-9,11-12H,6-7,10,13H2,1-5H3. The normalized spacial score (nSPS) is 11.6. The molecule has 0 aliphatic rings. The minimum atomic E-state index is 0.274. The van der Waals surface area contributed by atoms with Gasteiger partial charge in [0, 0.05) is 19.8 Å². The first-order chi connectivity index (χ1) is 7.99. The fourth-order valence-electron chi connectivity index (χ4n) is 2.39. The molecule has 1 aromatic carbocycles. The van der Waals surface area contributed by atoms with E-state index in [0.717, 1.165) is 0 Å². The lowest BCUT2D eigenvalue weighted by Gasteiger charge is -2.30. The number of benzene rings is 1. The van der Waals surface area contributed by atoms with E-state index in [9.17, 15) is 0 Å². The van der Waals surface area contributed by atoms with Crippen LogP contribution in [0.1, 0.15) is 52.0 Å². The lowest BCUT2D eigenvalue weighted by Crippen LogP contribution is -2.22. The minimum absolute atomic E-state index is 0.274. The predicted octanol–water partition coefficient (Wildman–Crippen LogP) is 4.61. The summed E-state index contributed by atoms with van der Waals surface area (Å²) in [6.07, 6.45) is 5.23. The molecule has 1 heteroatoms. The zero-order chi connectivity index (χ0) is 12.9. The third-order valence-electron chi connectivity index (χ3n) is 3.52. The van der Waals surface area contributed by atoms with Gasteiger partial charge in [0.2, 0.25) is 0 Å². The number of hydrogen-bond donors (Lipinski definition) is 0. The van der Waals surface area contributed by atoms with Crippen molar-refractivity contribution in [1.29, 1.82) is 0 Å². The van der Waals surface area contributed by atoms with Crippen LogP contribution in [-0.2, 0) is 5.41 Å². The van der Waals surface area contributed by atoms with Gasteiger partial charge in [-0.15, -0.1) is 0 Å². The molecule has 1 aromatic rings. The number of rotatable bonds is 6. The highest BCUT2D eigenvalue weighted by Crippen LogP contribution is 2.35. The van der Waals surface area contributed by atoms with E-state index >= 15 is 0 Å². The van der Waals surface area contributed by atoms with Gasteiger partial charge < -0.3 is 4.90 Å². The summed E-state index contributed by atoms with van der Waals surface area (Å²) in [4.78, 5) is 2.22. The molecule has 0 N–H and O–H groups in total. The van der Waals surface area contributed by atoms with E-state index in [-0.39, 0.29) is 5.41 Å². The molecule has 0 heterocycles. The van der Waals surface area contributed by atoms with E-state index in [1.807, 2.05) is 0 Å². The van der Waals surface area contributed by atoms with Gasteiger partial charge in [-0.3, -0.25) is 0 Å². The van der Waals surface area contributed by atoms with Gasteiger partial charge in [-0.2, -0.15) is 0 Å². The summed E-state index contributed by atoms with van der Waals surface area (Å²) in [7, 11) is 4.25. The van der Waals surface area contributed by atoms with Crippen LogP contribution in [0.25, 0.3) is 0 Å². The predicted molar refractivity (Wildman–Crippen MR) is 77.9 cm³/mol. The molecule has 0 spiro atoms. The quantitative estimate of drug-likeness (QED) is 0.648. The summed E-state index contributed by atoms with van der Waals surface area (Å²) in [5.74, 6) is 0. The van der Waals surface area contributed by atoms with Gasteiger partial charge in [0.25, 0.3) is 0 Å². The molecular formula is C16H27N. The van der Waals surface area contributed by atoms with Crippen LogP contribution in [0.2, 0.25) is 0 Å². The Kier molecular flexibility index (Phi) is 5.04. The number of anilines is 1. The van der Waals surface area contributed by atoms with Gasteiger partial charge in [-0.05, 0) is 23.5 Å². The van der Waals surface area contributed by atoms with Crippen molar-refractivity contribution in [1.82, 2.24) is 0 Å². The first kappa shape index (κ1) is 14.1. The molecule has 0 aliphatic carbocycles. The Morgan fingerprint density at radius 3 is 2.29 bits per heavy atom. The van der Waals surface area contributed by atoms with Crippen LogP contribution >= 0.6 is 0 Å². The molecule has 0 aliphatic heterocycles. The molecule has 96 valence electrons. The second-order valence-electron chi connectivity index (χ2n) is 5.75. The largest absolute Gasteiger partial charge is 0.377 e. The highest BCUT2D eigenvalue weighted by atomic mass is 15.1. The average Bonchev–Trinajstić information content (AvgIpc) is 2.29. The van der Waals surface area contributed by atoms with Crippen molar-refractivity contribution >= 4 is 5.69 Å². The van der Waals surface area contributed by atoms with Crippen molar-refractivity contribution in [2.75, 3.05) is 19.0 Å². The van der Waals surface area contributed by atoms with E-state index < -0.39 is 0 Å². The van der Waals surface area contributed by atoms with Crippen molar-refractivity contribution in [2.45, 2.75) is 51.9 Å². The number of unbranched alkanes of at least 4 members (excludes halogenated alkanes) is 2. The molecule has 0 atom stereocenters. The summed E-state index contributed by atoms with van der Waals surface area (Å²) in [5, 5.41) is 0. The Bertz CT molecular complexity index is 339. The summed E-state index contributed by atoms with van der Waals surface area (Å²) in [6, 6.07) is 8.78. The molecule has 0 fully saturated rings. The van der Waals surface area contributed by atoms with E-state index in [4.69, 9.17) is 0 Å². The molecule has 1 nitrogen and oxygen atoms in total. The minimum Gasteiger partial charge on any atom is -0.377 e. The van der Waals surface area contributed by atoms with Gasteiger partial charge in [0.15, 0.2) is 0 Å². The third-order valence-corrected chi connectivity index (χ3v) is 3.52. The number of para-hydroxylation sites is 1. The van der Waals surface area contributed by atoms with Crippen LogP contribution in [0, 0.1) is 0 Å². The van der Waals surface area contributed by atoms with Crippen LogP contribution in [0.5, 0.6) is 0 Å². The Balaban J connectivity index is 2.89. The van der Waals surface area contributed by atoms with Crippen LogP contribution in [0.15, 0.2) is 24.3 Å². The third kappa shape index (κ3) is 3.76. The number of hydrogen-bond acceptors (Lipinski definition) is 1. The lowest BCUT2D eigenvalue weighted by molar-refractivity contribution is 0.450. The van der Waals surface area contributed by atoms with Crippen molar-refractivity contribution in [2.24, 2.45) is 0 Å². The summed E-state index contributed by atoms with van der Waals surface area (Å²) in [5.41, 5.74) is 3.10. The molecule has 17 heavy (non-hydrogen) atoms. The van der Waals surface area contributed by atoms with Gasteiger partial charge in [0.05, 0.1) is 0 Å². The Labute approximate surface area is 107 Å². The van der Waals surface area contributed by atoms with Crippen LogP contribution in [-0.4, -0.2) is 14.1 Å².